The molecule has 31 heavy (non-hydrogen) atoms. The highest BCUT2D eigenvalue weighted by Gasteiger charge is 2.28. The average Bonchev–Trinajstić information content (AvgIpc) is 2.72. The Bertz CT molecular complexity index is 945. The molecule has 0 bridgehead atoms. The number of esters is 2. The predicted molar refractivity (Wildman–Crippen MR) is 104 cm³/mol. The quantitative estimate of drug-likeness (QED) is 0.241. The van der Waals surface area contributed by atoms with Gasteiger partial charge in [-0.25, -0.2) is 22.4 Å². The van der Waals surface area contributed by atoms with Gasteiger partial charge in [-0.15, -0.1) is 0 Å². The smallest absolute Gasteiger partial charge is 0.346 e. The highest BCUT2D eigenvalue weighted by Crippen LogP contribution is 2.32. The van der Waals surface area contributed by atoms with Gasteiger partial charge in [-0.05, 0) is 43.7 Å². The van der Waals surface area contributed by atoms with E-state index in [0.29, 0.717) is 18.1 Å². The number of hydrogen-bond donors (Lipinski definition) is 0. The molecule has 0 spiro atoms. The third-order valence-electron chi connectivity index (χ3n) is 5.42. The fraction of sp³-hybridized carbons (Fsp3) is 0.391. The van der Waals surface area contributed by atoms with E-state index in [-0.39, 0.29) is 11.7 Å². The van der Waals surface area contributed by atoms with Gasteiger partial charge < -0.3 is 9.47 Å². The Kier molecular flexibility index (Phi) is 7.30. The Morgan fingerprint density at radius 2 is 1.48 bits per heavy atom. The first-order valence-electron chi connectivity index (χ1n) is 10.2. The molecule has 0 amide bonds. The van der Waals surface area contributed by atoms with E-state index < -0.39 is 46.5 Å². The topological polar surface area (TPSA) is 52.6 Å². The van der Waals surface area contributed by atoms with Crippen molar-refractivity contribution in [1.82, 2.24) is 0 Å². The van der Waals surface area contributed by atoms with Crippen molar-refractivity contribution in [2.45, 2.75) is 45.4 Å². The lowest BCUT2D eigenvalue weighted by molar-refractivity contribution is -0.140. The number of hydrogen-bond acceptors (Lipinski definition) is 4. The SMILES string of the molecule is CCCC1CCC(C(=O)Oc2ccc(C(=O)Oc3cc(F)c(F)c(F)c3)c(F)c2)CC1. The van der Waals surface area contributed by atoms with Gasteiger partial charge in [0, 0.05) is 18.2 Å². The average molecular weight is 438 g/mol. The highest BCUT2D eigenvalue weighted by atomic mass is 19.2. The second kappa shape index (κ2) is 9.94. The molecule has 0 unspecified atom stereocenters. The molecule has 8 heteroatoms. The van der Waals surface area contributed by atoms with E-state index in [1.54, 1.807) is 0 Å². The van der Waals surface area contributed by atoms with E-state index in [2.05, 4.69) is 6.92 Å². The summed E-state index contributed by atoms with van der Waals surface area (Å²) in [5.74, 6) is -7.82. The fourth-order valence-corrected chi connectivity index (χ4v) is 3.77. The molecular formula is C23H22F4O4. The number of carbonyl (C=O) groups is 2. The molecule has 0 aliphatic heterocycles. The Morgan fingerprint density at radius 3 is 2.06 bits per heavy atom. The van der Waals surface area contributed by atoms with Gasteiger partial charge in [-0.3, -0.25) is 4.79 Å². The predicted octanol–water partition coefficient (Wildman–Crippen LogP) is 5.97. The second-order valence-corrected chi connectivity index (χ2v) is 7.66. The van der Waals surface area contributed by atoms with E-state index in [9.17, 15) is 27.2 Å². The van der Waals surface area contributed by atoms with Crippen molar-refractivity contribution in [2.24, 2.45) is 11.8 Å². The summed E-state index contributed by atoms with van der Waals surface area (Å²) in [5, 5.41) is 0. The van der Waals surface area contributed by atoms with Crippen molar-refractivity contribution < 1.29 is 36.6 Å². The van der Waals surface area contributed by atoms with Crippen LogP contribution in [0.25, 0.3) is 0 Å². The van der Waals surface area contributed by atoms with Gasteiger partial charge in [0.15, 0.2) is 17.5 Å². The molecule has 0 atom stereocenters. The molecule has 1 saturated carbocycles. The lowest BCUT2D eigenvalue weighted by Crippen LogP contribution is -2.25. The van der Waals surface area contributed by atoms with Crippen LogP contribution in [0.3, 0.4) is 0 Å². The fourth-order valence-electron chi connectivity index (χ4n) is 3.77. The van der Waals surface area contributed by atoms with Crippen LogP contribution in [-0.2, 0) is 4.79 Å². The van der Waals surface area contributed by atoms with Crippen LogP contribution < -0.4 is 9.47 Å². The van der Waals surface area contributed by atoms with Gasteiger partial charge in [0.25, 0.3) is 0 Å². The molecule has 0 saturated heterocycles. The third-order valence-corrected chi connectivity index (χ3v) is 5.42. The maximum absolute atomic E-state index is 14.4. The van der Waals surface area contributed by atoms with E-state index in [0.717, 1.165) is 50.7 Å². The van der Waals surface area contributed by atoms with Crippen molar-refractivity contribution in [1.29, 1.82) is 0 Å². The third kappa shape index (κ3) is 5.62. The molecular weight excluding hydrogens is 416 g/mol. The summed E-state index contributed by atoms with van der Waals surface area (Å²) >= 11 is 0. The molecule has 1 aliphatic rings. The van der Waals surface area contributed by atoms with Crippen molar-refractivity contribution in [3.05, 3.63) is 59.2 Å². The van der Waals surface area contributed by atoms with Crippen LogP contribution in [0.1, 0.15) is 55.8 Å². The normalized spacial score (nSPS) is 18.5. The second-order valence-electron chi connectivity index (χ2n) is 7.66. The summed E-state index contributed by atoms with van der Waals surface area (Å²) in [6.07, 6.45) is 5.61. The van der Waals surface area contributed by atoms with E-state index in [1.165, 1.54) is 6.07 Å². The molecule has 0 radical (unpaired) electrons. The molecule has 0 heterocycles. The number of ether oxygens (including phenoxy) is 2. The largest absolute Gasteiger partial charge is 0.426 e. The van der Waals surface area contributed by atoms with Gasteiger partial charge in [0.2, 0.25) is 0 Å². The van der Waals surface area contributed by atoms with Crippen molar-refractivity contribution in [3.8, 4) is 11.5 Å². The van der Waals surface area contributed by atoms with Gasteiger partial charge in [0.1, 0.15) is 17.3 Å². The van der Waals surface area contributed by atoms with E-state index in [1.807, 2.05) is 0 Å². The maximum Gasteiger partial charge on any atom is 0.346 e. The first kappa shape index (κ1) is 22.8. The van der Waals surface area contributed by atoms with Crippen LogP contribution in [0.4, 0.5) is 17.6 Å². The van der Waals surface area contributed by atoms with Crippen molar-refractivity contribution in [2.75, 3.05) is 0 Å². The number of benzene rings is 2. The molecule has 0 aromatic heterocycles. The molecule has 1 fully saturated rings. The zero-order valence-corrected chi connectivity index (χ0v) is 16.9. The van der Waals surface area contributed by atoms with Crippen LogP contribution in [0.5, 0.6) is 11.5 Å². The molecule has 0 N–H and O–H groups in total. The van der Waals surface area contributed by atoms with Gasteiger partial charge in [-0.2, -0.15) is 0 Å². The minimum atomic E-state index is -1.71. The number of halogens is 4. The summed E-state index contributed by atoms with van der Waals surface area (Å²) in [5.41, 5.74) is -0.537. The van der Waals surface area contributed by atoms with E-state index in [4.69, 9.17) is 9.47 Å². The van der Waals surface area contributed by atoms with Crippen LogP contribution in [0.15, 0.2) is 30.3 Å². The van der Waals surface area contributed by atoms with Crippen molar-refractivity contribution >= 4 is 11.9 Å². The highest BCUT2D eigenvalue weighted by molar-refractivity contribution is 5.91. The number of rotatable bonds is 6. The summed E-state index contributed by atoms with van der Waals surface area (Å²) in [6, 6.07) is 4.07. The van der Waals surface area contributed by atoms with Crippen LogP contribution >= 0.6 is 0 Å². The van der Waals surface area contributed by atoms with Crippen molar-refractivity contribution in [3.63, 3.8) is 0 Å². The van der Waals surface area contributed by atoms with Gasteiger partial charge in [-0.1, -0.05) is 19.8 Å². The zero-order chi connectivity index (χ0) is 22.5. The molecule has 3 rings (SSSR count). The first-order valence-corrected chi connectivity index (χ1v) is 10.2. The Balaban J connectivity index is 1.62. The summed E-state index contributed by atoms with van der Waals surface area (Å²) in [6.45, 7) is 2.13. The minimum absolute atomic E-state index is 0.0615. The Hall–Kier alpha value is -2.90. The first-order chi connectivity index (χ1) is 14.8. The lowest BCUT2D eigenvalue weighted by Gasteiger charge is -2.26. The standard InChI is InChI=1S/C23H22F4O4/c1-2-3-13-4-6-14(7-5-13)22(28)30-15-8-9-17(18(24)10-15)23(29)31-16-11-19(25)21(27)20(26)12-16/h8-14H,2-7H2,1H3. The number of carbonyl (C=O) groups excluding carboxylic acids is 2. The van der Waals surface area contributed by atoms with Gasteiger partial charge >= 0.3 is 11.9 Å². The summed E-state index contributed by atoms with van der Waals surface area (Å²) in [4.78, 5) is 24.5. The molecule has 2 aromatic carbocycles. The van der Waals surface area contributed by atoms with Crippen LogP contribution in [-0.4, -0.2) is 11.9 Å². The van der Waals surface area contributed by atoms with Crippen LogP contribution in [0.2, 0.25) is 0 Å². The van der Waals surface area contributed by atoms with Crippen LogP contribution in [0, 0.1) is 35.1 Å². The molecule has 4 nitrogen and oxygen atoms in total. The molecule has 166 valence electrons. The summed E-state index contributed by atoms with van der Waals surface area (Å²) in [7, 11) is 0. The maximum atomic E-state index is 14.4. The summed E-state index contributed by atoms with van der Waals surface area (Å²) < 4.78 is 63.8. The Labute approximate surface area is 177 Å². The van der Waals surface area contributed by atoms with Gasteiger partial charge in [0.05, 0.1) is 11.5 Å². The molecule has 1 aliphatic carbocycles. The zero-order valence-electron chi connectivity index (χ0n) is 16.9. The Morgan fingerprint density at radius 1 is 0.871 bits per heavy atom. The molecule has 2 aromatic rings. The minimum Gasteiger partial charge on any atom is -0.426 e. The van der Waals surface area contributed by atoms with E-state index >= 15 is 0 Å². The lowest BCUT2D eigenvalue weighted by atomic mass is 9.80. The monoisotopic (exact) mass is 438 g/mol.